The van der Waals surface area contributed by atoms with Crippen molar-refractivity contribution in [2.75, 3.05) is 13.7 Å². The van der Waals surface area contributed by atoms with Gasteiger partial charge in [-0.15, -0.1) is 0 Å². The Morgan fingerprint density at radius 1 is 1.27 bits per heavy atom. The highest BCUT2D eigenvalue weighted by Crippen LogP contribution is 2.23. The largest absolute Gasteiger partial charge is 0.381 e. The van der Waals surface area contributed by atoms with Crippen LogP contribution >= 0.6 is 0 Å². The molecule has 0 aromatic rings. The predicted octanol–water partition coefficient (Wildman–Crippen LogP) is 2.50. The molecule has 1 fully saturated rings. The maximum atomic E-state index is 5.38. The second-order valence-corrected chi connectivity index (χ2v) is 4.93. The summed E-state index contributed by atoms with van der Waals surface area (Å²) in [6.45, 7) is 1.20. The Morgan fingerprint density at radius 3 is 2.87 bits per heavy atom. The van der Waals surface area contributed by atoms with Crippen molar-refractivity contribution < 1.29 is 4.74 Å². The number of rotatable bonds is 4. The van der Waals surface area contributed by atoms with Gasteiger partial charge in [-0.2, -0.15) is 0 Å². The smallest absolute Gasteiger partial charge is 0.0586 e. The molecule has 2 aliphatic carbocycles. The van der Waals surface area contributed by atoms with Crippen LogP contribution in [0, 0.1) is 5.92 Å². The molecular weight excluding hydrogens is 186 g/mol. The highest BCUT2D eigenvalue weighted by atomic mass is 16.5. The maximum absolute atomic E-state index is 5.38. The standard InChI is InChI=1S/C13H23NO/c1-15-13-8-7-12(9-13)14-10-11-5-3-2-4-6-11/h2-3,11-14H,4-10H2,1H3. The summed E-state index contributed by atoms with van der Waals surface area (Å²) < 4.78 is 5.38. The van der Waals surface area contributed by atoms with Crippen LogP contribution in [-0.4, -0.2) is 25.8 Å². The molecule has 2 heteroatoms. The van der Waals surface area contributed by atoms with E-state index in [2.05, 4.69) is 17.5 Å². The summed E-state index contributed by atoms with van der Waals surface area (Å²) in [5.41, 5.74) is 0. The Labute approximate surface area is 93.1 Å². The van der Waals surface area contributed by atoms with Crippen molar-refractivity contribution in [1.82, 2.24) is 5.32 Å². The molecule has 3 atom stereocenters. The van der Waals surface area contributed by atoms with Gasteiger partial charge in [0.25, 0.3) is 0 Å². The normalized spacial score (nSPS) is 35.9. The van der Waals surface area contributed by atoms with Crippen LogP contribution in [0.1, 0.15) is 38.5 Å². The Hall–Kier alpha value is -0.340. The van der Waals surface area contributed by atoms with E-state index >= 15 is 0 Å². The lowest BCUT2D eigenvalue weighted by Gasteiger charge is -2.21. The van der Waals surface area contributed by atoms with Crippen LogP contribution < -0.4 is 5.32 Å². The predicted molar refractivity (Wildman–Crippen MR) is 62.9 cm³/mol. The van der Waals surface area contributed by atoms with E-state index in [9.17, 15) is 0 Å². The third kappa shape index (κ3) is 3.32. The molecule has 0 aromatic heterocycles. The first-order valence-electron chi connectivity index (χ1n) is 6.29. The van der Waals surface area contributed by atoms with Crippen LogP contribution in [0.25, 0.3) is 0 Å². The highest BCUT2D eigenvalue weighted by Gasteiger charge is 2.24. The minimum absolute atomic E-state index is 0.508. The summed E-state index contributed by atoms with van der Waals surface area (Å²) >= 11 is 0. The minimum Gasteiger partial charge on any atom is -0.381 e. The summed E-state index contributed by atoms with van der Waals surface area (Å²) in [6.07, 6.45) is 12.8. The number of allylic oxidation sites excluding steroid dienone is 2. The van der Waals surface area contributed by atoms with Crippen LogP contribution in [0.4, 0.5) is 0 Å². The molecule has 2 rings (SSSR count). The van der Waals surface area contributed by atoms with E-state index in [4.69, 9.17) is 4.74 Å². The third-order valence-corrected chi connectivity index (χ3v) is 3.79. The highest BCUT2D eigenvalue weighted by molar-refractivity contribution is 4.91. The molecule has 0 saturated heterocycles. The number of ether oxygens (including phenoxy) is 1. The van der Waals surface area contributed by atoms with Gasteiger partial charge in [0.1, 0.15) is 0 Å². The summed E-state index contributed by atoms with van der Waals surface area (Å²) in [5.74, 6) is 0.872. The van der Waals surface area contributed by atoms with E-state index < -0.39 is 0 Å². The van der Waals surface area contributed by atoms with E-state index in [0.29, 0.717) is 12.1 Å². The Kier molecular flexibility index (Phi) is 4.21. The first-order chi connectivity index (χ1) is 7.38. The average molecular weight is 209 g/mol. The zero-order chi connectivity index (χ0) is 10.5. The van der Waals surface area contributed by atoms with Gasteiger partial charge in [0.05, 0.1) is 6.10 Å². The van der Waals surface area contributed by atoms with Gasteiger partial charge in [-0.3, -0.25) is 0 Å². The molecule has 15 heavy (non-hydrogen) atoms. The van der Waals surface area contributed by atoms with Crippen molar-refractivity contribution in [1.29, 1.82) is 0 Å². The second kappa shape index (κ2) is 5.66. The van der Waals surface area contributed by atoms with Crippen molar-refractivity contribution >= 4 is 0 Å². The SMILES string of the molecule is COC1CCC(NCC2CC=CCC2)C1. The fourth-order valence-electron chi connectivity index (χ4n) is 2.71. The van der Waals surface area contributed by atoms with Crippen LogP contribution in [0.3, 0.4) is 0 Å². The molecule has 3 unspecified atom stereocenters. The number of hydrogen-bond donors (Lipinski definition) is 1. The number of nitrogens with one attached hydrogen (secondary N) is 1. The summed E-state index contributed by atoms with van der Waals surface area (Å²) in [5, 5.41) is 3.70. The van der Waals surface area contributed by atoms with Crippen molar-refractivity contribution in [3.63, 3.8) is 0 Å². The Morgan fingerprint density at radius 2 is 2.20 bits per heavy atom. The molecule has 0 aliphatic heterocycles. The first-order valence-corrected chi connectivity index (χ1v) is 6.29. The second-order valence-electron chi connectivity index (χ2n) is 4.93. The molecule has 2 aliphatic rings. The lowest BCUT2D eigenvalue weighted by Crippen LogP contribution is -2.32. The van der Waals surface area contributed by atoms with Crippen LogP contribution in [0.2, 0.25) is 0 Å². The number of methoxy groups -OCH3 is 1. The van der Waals surface area contributed by atoms with E-state index in [1.807, 2.05) is 7.11 Å². The summed E-state index contributed by atoms with van der Waals surface area (Å²) in [4.78, 5) is 0. The van der Waals surface area contributed by atoms with E-state index in [0.717, 1.165) is 5.92 Å². The Bertz CT molecular complexity index is 215. The topological polar surface area (TPSA) is 21.3 Å². The monoisotopic (exact) mass is 209 g/mol. The zero-order valence-corrected chi connectivity index (χ0v) is 9.74. The molecule has 0 amide bonds. The zero-order valence-electron chi connectivity index (χ0n) is 9.74. The van der Waals surface area contributed by atoms with E-state index in [1.54, 1.807) is 0 Å². The fourth-order valence-corrected chi connectivity index (χ4v) is 2.71. The van der Waals surface area contributed by atoms with E-state index in [-0.39, 0.29) is 0 Å². The summed E-state index contributed by atoms with van der Waals surface area (Å²) in [6, 6.07) is 0.709. The maximum Gasteiger partial charge on any atom is 0.0586 e. The van der Waals surface area contributed by atoms with Crippen LogP contribution in [-0.2, 0) is 4.74 Å². The molecule has 0 spiro atoms. The van der Waals surface area contributed by atoms with Crippen LogP contribution in [0.15, 0.2) is 12.2 Å². The average Bonchev–Trinajstić information content (AvgIpc) is 2.76. The molecular formula is C13H23NO. The molecule has 0 radical (unpaired) electrons. The lowest BCUT2D eigenvalue weighted by atomic mass is 9.94. The molecule has 86 valence electrons. The van der Waals surface area contributed by atoms with Gasteiger partial charge in [-0.1, -0.05) is 12.2 Å². The lowest BCUT2D eigenvalue weighted by molar-refractivity contribution is 0.107. The van der Waals surface area contributed by atoms with E-state index in [1.165, 1.54) is 45.1 Å². The van der Waals surface area contributed by atoms with Crippen molar-refractivity contribution in [2.24, 2.45) is 5.92 Å². The molecule has 1 N–H and O–H groups in total. The minimum atomic E-state index is 0.508. The molecule has 0 bridgehead atoms. The molecule has 0 heterocycles. The van der Waals surface area contributed by atoms with Crippen molar-refractivity contribution in [2.45, 2.75) is 50.7 Å². The third-order valence-electron chi connectivity index (χ3n) is 3.79. The van der Waals surface area contributed by atoms with Gasteiger partial charge in [-0.05, 0) is 51.0 Å². The van der Waals surface area contributed by atoms with Gasteiger partial charge in [0.15, 0.2) is 0 Å². The first kappa shape index (κ1) is 11.2. The molecule has 0 aromatic carbocycles. The van der Waals surface area contributed by atoms with Gasteiger partial charge >= 0.3 is 0 Å². The molecule has 2 nitrogen and oxygen atoms in total. The van der Waals surface area contributed by atoms with Gasteiger partial charge < -0.3 is 10.1 Å². The van der Waals surface area contributed by atoms with Gasteiger partial charge in [0.2, 0.25) is 0 Å². The summed E-state index contributed by atoms with van der Waals surface area (Å²) in [7, 11) is 1.83. The quantitative estimate of drug-likeness (QED) is 0.718. The fraction of sp³-hybridized carbons (Fsp3) is 0.846. The Balaban J connectivity index is 1.63. The van der Waals surface area contributed by atoms with Crippen molar-refractivity contribution in [3.8, 4) is 0 Å². The number of hydrogen-bond acceptors (Lipinski definition) is 2. The van der Waals surface area contributed by atoms with Crippen LogP contribution in [0.5, 0.6) is 0 Å². The van der Waals surface area contributed by atoms with Crippen molar-refractivity contribution in [3.05, 3.63) is 12.2 Å². The molecule has 1 saturated carbocycles. The van der Waals surface area contributed by atoms with Gasteiger partial charge in [0, 0.05) is 13.2 Å². The van der Waals surface area contributed by atoms with Gasteiger partial charge in [-0.25, -0.2) is 0 Å².